The second-order valence-electron chi connectivity index (χ2n) is 5.74. The van der Waals surface area contributed by atoms with Gasteiger partial charge in [0.2, 0.25) is 5.91 Å². The van der Waals surface area contributed by atoms with E-state index in [0.717, 1.165) is 38.6 Å². The minimum atomic E-state index is -0.261. The third-order valence-corrected chi connectivity index (χ3v) is 4.53. The standard InChI is InChI=1S/C18H25NO.H2/c1-3-5-13-18(12-4-2)16(11-14-19-17(18)20)15-9-7-6-8-10-15;/h3,6-10,16H,1,4-5,11-14H2,2H3,(H,19,20);1H. The van der Waals surface area contributed by atoms with E-state index in [1.54, 1.807) is 0 Å². The number of hydrogen-bond acceptors (Lipinski definition) is 1. The van der Waals surface area contributed by atoms with Crippen LogP contribution in [0.3, 0.4) is 0 Å². The number of carbonyl (C=O) groups excluding carboxylic acids is 1. The molecule has 1 aromatic rings. The summed E-state index contributed by atoms with van der Waals surface area (Å²) >= 11 is 0. The molecule has 1 heterocycles. The van der Waals surface area contributed by atoms with Crippen LogP contribution >= 0.6 is 0 Å². The van der Waals surface area contributed by atoms with Gasteiger partial charge < -0.3 is 5.32 Å². The van der Waals surface area contributed by atoms with Crippen LogP contribution in [0.2, 0.25) is 0 Å². The predicted molar refractivity (Wildman–Crippen MR) is 85.7 cm³/mol. The van der Waals surface area contributed by atoms with E-state index >= 15 is 0 Å². The van der Waals surface area contributed by atoms with Gasteiger partial charge in [-0.2, -0.15) is 0 Å². The van der Waals surface area contributed by atoms with Crippen LogP contribution in [0, 0.1) is 5.41 Å². The molecule has 0 spiro atoms. The Morgan fingerprint density at radius 1 is 1.40 bits per heavy atom. The van der Waals surface area contributed by atoms with E-state index in [1.807, 2.05) is 12.1 Å². The van der Waals surface area contributed by atoms with Gasteiger partial charge in [-0.1, -0.05) is 49.8 Å². The molecule has 1 saturated heterocycles. The summed E-state index contributed by atoms with van der Waals surface area (Å²) in [6, 6.07) is 10.5. The molecule has 2 rings (SSSR count). The minimum Gasteiger partial charge on any atom is -0.356 e. The molecule has 110 valence electrons. The molecule has 20 heavy (non-hydrogen) atoms. The van der Waals surface area contributed by atoms with Crippen LogP contribution in [0.4, 0.5) is 0 Å². The molecule has 1 N–H and O–H groups in total. The lowest BCUT2D eigenvalue weighted by Crippen LogP contribution is -2.50. The Labute approximate surface area is 123 Å². The van der Waals surface area contributed by atoms with Crippen LogP contribution in [0.15, 0.2) is 43.0 Å². The number of hydrogen-bond donors (Lipinski definition) is 1. The number of benzene rings is 1. The van der Waals surface area contributed by atoms with Crippen LogP contribution in [0.25, 0.3) is 0 Å². The van der Waals surface area contributed by atoms with Crippen LogP contribution in [-0.2, 0) is 4.79 Å². The van der Waals surface area contributed by atoms with Gasteiger partial charge in [-0.25, -0.2) is 0 Å². The zero-order valence-corrected chi connectivity index (χ0v) is 12.4. The quantitative estimate of drug-likeness (QED) is 0.770. The maximum Gasteiger partial charge on any atom is 0.226 e. The van der Waals surface area contributed by atoms with E-state index in [2.05, 4.69) is 43.1 Å². The molecule has 1 aliphatic heterocycles. The van der Waals surface area contributed by atoms with Crippen molar-refractivity contribution in [2.75, 3.05) is 6.54 Å². The maximum absolute atomic E-state index is 12.7. The van der Waals surface area contributed by atoms with E-state index in [-0.39, 0.29) is 12.7 Å². The van der Waals surface area contributed by atoms with Crippen molar-refractivity contribution in [3.63, 3.8) is 0 Å². The van der Waals surface area contributed by atoms with E-state index in [9.17, 15) is 4.79 Å². The fourth-order valence-electron chi connectivity index (χ4n) is 3.62. The second kappa shape index (κ2) is 6.74. The lowest BCUT2D eigenvalue weighted by atomic mass is 9.63. The fourth-order valence-corrected chi connectivity index (χ4v) is 3.62. The molecule has 2 unspecified atom stereocenters. The van der Waals surface area contributed by atoms with Gasteiger partial charge in [0.25, 0.3) is 0 Å². The summed E-state index contributed by atoms with van der Waals surface area (Å²) < 4.78 is 0. The van der Waals surface area contributed by atoms with Crippen LogP contribution in [0.1, 0.15) is 51.9 Å². The number of allylic oxidation sites excluding steroid dienone is 1. The van der Waals surface area contributed by atoms with Crippen molar-refractivity contribution in [1.82, 2.24) is 5.32 Å². The first-order valence-corrected chi connectivity index (χ1v) is 7.68. The first-order chi connectivity index (χ1) is 9.74. The summed E-state index contributed by atoms with van der Waals surface area (Å²) in [6.45, 7) is 6.78. The summed E-state index contributed by atoms with van der Waals surface area (Å²) in [5.41, 5.74) is 1.04. The van der Waals surface area contributed by atoms with Crippen molar-refractivity contribution in [2.45, 2.75) is 44.9 Å². The molecule has 2 nitrogen and oxygen atoms in total. The Bertz CT molecular complexity index is 460. The molecule has 0 aromatic heterocycles. The molecular weight excluding hydrogens is 246 g/mol. The second-order valence-corrected chi connectivity index (χ2v) is 5.74. The molecule has 0 saturated carbocycles. The number of rotatable bonds is 6. The molecule has 2 heteroatoms. The first-order valence-electron chi connectivity index (χ1n) is 7.68. The van der Waals surface area contributed by atoms with Crippen molar-refractivity contribution in [3.8, 4) is 0 Å². The van der Waals surface area contributed by atoms with E-state index in [0.29, 0.717) is 5.92 Å². The van der Waals surface area contributed by atoms with Gasteiger partial charge in [-0.3, -0.25) is 4.79 Å². The lowest BCUT2D eigenvalue weighted by molar-refractivity contribution is -0.136. The molecule has 1 fully saturated rings. The van der Waals surface area contributed by atoms with E-state index in [4.69, 9.17) is 0 Å². The molecule has 0 radical (unpaired) electrons. The van der Waals surface area contributed by atoms with Crippen molar-refractivity contribution in [3.05, 3.63) is 48.6 Å². The number of carbonyl (C=O) groups is 1. The normalized spacial score (nSPS) is 26.1. The van der Waals surface area contributed by atoms with Gasteiger partial charge in [0.1, 0.15) is 0 Å². The summed E-state index contributed by atoms with van der Waals surface area (Å²) in [4.78, 5) is 12.7. The molecule has 0 aliphatic carbocycles. The smallest absolute Gasteiger partial charge is 0.226 e. The average molecular weight is 273 g/mol. The third-order valence-electron chi connectivity index (χ3n) is 4.53. The molecule has 0 bridgehead atoms. The monoisotopic (exact) mass is 273 g/mol. The highest BCUT2D eigenvalue weighted by molar-refractivity contribution is 5.84. The summed E-state index contributed by atoms with van der Waals surface area (Å²) in [5.74, 6) is 0.568. The van der Waals surface area contributed by atoms with E-state index < -0.39 is 0 Å². The van der Waals surface area contributed by atoms with Crippen molar-refractivity contribution in [2.24, 2.45) is 5.41 Å². The maximum atomic E-state index is 12.7. The number of piperidine rings is 1. The fraction of sp³-hybridized carbons (Fsp3) is 0.500. The molecular formula is C18H27NO. The average Bonchev–Trinajstić information content (AvgIpc) is 2.49. The SMILES string of the molecule is C=CCCC1(CCC)C(=O)NCCC1c1ccccc1.[HH]. The van der Waals surface area contributed by atoms with Crippen molar-refractivity contribution >= 4 is 5.91 Å². The highest BCUT2D eigenvalue weighted by Crippen LogP contribution is 2.47. The zero-order chi connectivity index (χ0) is 14.4. The molecule has 1 amide bonds. The molecule has 1 aromatic carbocycles. The van der Waals surface area contributed by atoms with E-state index in [1.165, 1.54) is 5.56 Å². The lowest BCUT2D eigenvalue weighted by Gasteiger charge is -2.43. The Hall–Kier alpha value is -1.57. The van der Waals surface area contributed by atoms with Crippen LogP contribution < -0.4 is 5.32 Å². The summed E-state index contributed by atoms with van der Waals surface area (Å²) in [7, 11) is 0. The first kappa shape index (κ1) is 14.8. The highest BCUT2D eigenvalue weighted by Gasteiger charge is 2.46. The predicted octanol–water partition coefficient (Wildman–Crippen LogP) is 4.29. The third kappa shape index (κ3) is 2.79. The van der Waals surface area contributed by atoms with Gasteiger partial charge in [-0.05, 0) is 37.2 Å². The van der Waals surface area contributed by atoms with Gasteiger partial charge in [0, 0.05) is 7.97 Å². The Morgan fingerprint density at radius 2 is 2.15 bits per heavy atom. The van der Waals surface area contributed by atoms with Crippen LogP contribution in [0.5, 0.6) is 0 Å². The largest absolute Gasteiger partial charge is 0.356 e. The van der Waals surface area contributed by atoms with Crippen molar-refractivity contribution in [1.29, 1.82) is 0 Å². The van der Waals surface area contributed by atoms with Gasteiger partial charge in [0.15, 0.2) is 0 Å². The van der Waals surface area contributed by atoms with Gasteiger partial charge in [-0.15, -0.1) is 6.58 Å². The summed E-state index contributed by atoms with van der Waals surface area (Å²) in [5, 5.41) is 3.09. The minimum absolute atomic E-state index is 0. The Morgan fingerprint density at radius 3 is 2.80 bits per heavy atom. The number of nitrogens with one attached hydrogen (secondary N) is 1. The molecule has 2 atom stereocenters. The Kier molecular flexibility index (Phi) is 4.99. The summed E-state index contributed by atoms with van der Waals surface area (Å²) in [6.07, 6.45) is 6.75. The van der Waals surface area contributed by atoms with Crippen molar-refractivity contribution < 1.29 is 6.22 Å². The van der Waals surface area contributed by atoms with Crippen LogP contribution in [-0.4, -0.2) is 12.5 Å². The van der Waals surface area contributed by atoms with Gasteiger partial charge in [0.05, 0.1) is 5.41 Å². The topological polar surface area (TPSA) is 29.1 Å². The Balaban J connectivity index is 0.00000220. The molecule has 1 aliphatic rings. The highest BCUT2D eigenvalue weighted by atomic mass is 16.2. The number of amides is 1. The zero-order valence-electron chi connectivity index (χ0n) is 12.4. The van der Waals surface area contributed by atoms with Gasteiger partial charge >= 0.3 is 0 Å².